The van der Waals surface area contributed by atoms with Gasteiger partial charge >= 0.3 is 6.09 Å². The van der Waals surface area contributed by atoms with Crippen molar-refractivity contribution < 1.29 is 35.1 Å². The third-order valence-corrected chi connectivity index (χ3v) is 12.7. The van der Waals surface area contributed by atoms with E-state index in [1.807, 2.05) is 50.0 Å². The van der Waals surface area contributed by atoms with Crippen LogP contribution < -0.4 is 20.1 Å². The molecule has 0 radical (unpaired) electrons. The van der Waals surface area contributed by atoms with Gasteiger partial charge in [-0.15, -0.1) is 0 Å². The number of alkyl carbamates (subject to hydrolysis) is 1. The number of anilines is 2. The van der Waals surface area contributed by atoms with E-state index in [0.717, 1.165) is 67.3 Å². The van der Waals surface area contributed by atoms with E-state index in [2.05, 4.69) is 32.6 Å². The van der Waals surface area contributed by atoms with Gasteiger partial charge in [0.15, 0.2) is 0 Å². The first-order valence-corrected chi connectivity index (χ1v) is 23.4. The minimum Gasteiger partial charge on any atom is -0.444 e. The van der Waals surface area contributed by atoms with Crippen molar-refractivity contribution >= 4 is 60.1 Å². The second kappa shape index (κ2) is 19.6. The van der Waals surface area contributed by atoms with Gasteiger partial charge in [-0.3, -0.25) is 9.03 Å². The number of rotatable bonds is 9. The van der Waals surface area contributed by atoms with Gasteiger partial charge in [0.05, 0.1) is 15.5 Å². The third kappa shape index (κ3) is 11.9. The molecular formula is C41H51F2IN4O6S2. The molecule has 0 saturated heterocycles. The maximum absolute atomic E-state index is 13.4. The van der Waals surface area contributed by atoms with E-state index in [9.17, 15) is 30.4 Å². The fourth-order valence-corrected chi connectivity index (χ4v) is 9.13. The van der Waals surface area contributed by atoms with E-state index in [1.54, 1.807) is 12.1 Å². The Kier molecular flexibility index (Phi) is 15.7. The molecular weight excluding hydrogens is 874 g/mol. The molecule has 4 aromatic carbocycles. The topological polar surface area (TPSA) is 148 Å². The van der Waals surface area contributed by atoms with Crippen LogP contribution in [0.15, 0.2) is 94.7 Å². The lowest BCUT2D eigenvalue weighted by molar-refractivity contribution is 0.0523. The number of ether oxygens (including phenoxy) is 1. The second-order valence-corrected chi connectivity index (χ2v) is 18.2. The summed E-state index contributed by atoms with van der Waals surface area (Å²) in [6, 6.07) is 21.0. The molecule has 0 aliphatic heterocycles. The molecule has 2 aliphatic rings. The monoisotopic (exact) mass is 924 g/mol. The van der Waals surface area contributed by atoms with Crippen LogP contribution in [0, 0.1) is 11.6 Å². The highest BCUT2D eigenvalue weighted by Crippen LogP contribution is 2.35. The maximum Gasteiger partial charge on any atom is 0.407 e. The first kappa shape index (κ1) is 44.9. The molecule has 2 unspecified atom stereocenters. The largest absolute Gasteiger partial charge is 0.444 e. The molecule has 2 atom stereocenters. The standard InChI is InChI=1S/C22H27FN2O4S.C18H21FN2O2S.CH3I/c1-22(2,3)29-21(26)24-14-16-7-4-6-15-12-18(10-11-20(15)16)25-30(27,28)19-9-5-8-17(23)13-19;1-21(24(22,23)17-7-3-6-15(19)11-17)16-8-9-18-13(10-16)4-2-5-14(18)12-20;1-2/h5,8-13,16,25H,4,6-7,14H2,1-3H3,(H,24,26);3,6-11,14H,2,4-5,12,20H2,1H3;1H3. The summed E-state index contributed by atoms with van der Waals surface area (Å²) in [6.45, 7) is 6.50. The fraction of sp³-hybridized carbons (Fsp3) is 0.390. The molecule has 10 nitrogen and oxygen atoms in total. The van der Waals surface area contributed by atoms with Crippen molar-refractivity contribution in [3.8, 4) is 0 Å². The van der Waals surface area contributed by atoms with Gasteiger partial charge in [0.1, 0.15) is 17.2 Å². The first-order chi connectivity index (χ1) is 26.5. The minimum absolute atomic E-state index is 0.0532. The van der Waals surface area contributed by atoms with Gasteiger partial charge in [-0.1, -0.05) is 46.9 Å². The highest BCUT2D eigenvalue weighted by molar-refractivity contribution is 14.1. The number of amides is 1. The van der Waals surface area contributed by atoms with Crippen LogP contribution in [0.4, 0.5) is 25.0 Å². The highest BCUT2D eigenvalue weighted by atomic mass is 127. The van der Waals surface area contributed by atoms with Crippen molar-refractivity contribution in [2.45, 2.75) is 86.5 Å². The normalized spacial score (nSPS) is 16.4. The molecule has 2 aliphatic carbocycles. The van der Waals surface area contributed by atoms with Crippen LogP contribution in [0.1, 0.15) is 80.5 Å². The Morgan fingerprint density at radius 3 is 1.98 bits per heavy atom. The van der Waals surface area contributed by atoms with Crippen LogP contribution in [0.3, 0.4) is 0 Å². The average molecular weight is 925 g/mol. The van der Waals surface area contributed by atoms with Crippen molar-refractivity contribution in [2.75, 3.05) is 34.1 Å². The molecule has 0 spiro atoms. The fourth-order valence-electron chi connectivity index (χ4n) is 6.83. The Hall–Kier alpha value is -3.80. The van der Waals surface area contributed by atoms with Crippen molar-refractivity contribution in [1.82, 2.24) is 5.32 Å². The number of hydrogen-bond donors (Lipinski definition) is 3. The predicted molar refractivity (Wildman–Crippen MR) is 227 cm³/mol. The summed E-state index contributed by atoms with van der Waals surface area (Å²) in [7, 11) is -6.18. The zero-order valence-electron chi connectivity index (χ0n) is 32.3. The molecule has 0 bridgehead atoms. The summed E-state index contributed by atoms with van der Waals surface area (Å²) < 4.78 is 86.3. The van der Waals surface area contributed by atoms with Crippen LogP contribution in [-0.2, 0) is 37.6 Å². The van der Waals surface area contributed by atoms with Gasteiger partial charge in [0.25, 0.3) is 20.0 Å². The molecule has 1 amide bonds. The van der Waals surface area contributed by atoms with E-state index in [4.69, 9.17) is 10.5 Å². The van der Waals surface area contributed by atoms with E-state index >= 15 is 0 Å². The number of nitrogens with zero attached hydrogens (tertiary/aromatic N) is 1. The Morgan fingerprint density at radius 1 is 0.821 bits per heavy atom. The van der Waals surface area contributed by atoms with Gasteiger partial charge in [-0.25, -0.2) is 30.4 Å². The highest BCUT2D eigenvalue weighted by Gasteiger charge is 2.26. The molecule has 0 saturated carbocycles. The smallest absolute Gasteiger partial charge is 0.407 e. The quantitative estimate of drug-likeness (QED) is 0.113. The second-order valence-electron chi connectivity index (χ2n) is 14.6. The Labute approximate surface area is 343 Å². The van der Waals surface area contributed by atoms with Gasteiger partial charge in [0, 0.05) is 25.2 Å². The molecule has 4 aromatic rings. The van der Waals surface area contributed by atoms with Gasteiger partial charge in [0.2, 0.25) is 0 Å². The number of nitrogens with one attached hydrogen (secondary N) is 2. The molecule has 0 fully saturated rings. The molecule has 0 aromatic heterocycles. The van der Waals surface area contributed by atoms with Crippen LogP contribution in [0.5, 0.6) is 0 Å². The summed E-state index contributed by atoms with van der Waals surface area (Å²) in [5.74, 6) is -0.701. The Morgan fingerprint density at radius 2 is 1.38 bits per heavy atom. The number of nitrogens with two attached hydrogens (primary N) is 1. The SMILES string of the molecule is CC(C)(C)OC(=O)NCC1CCCc2cc(NS(=O)(=O)c3cccc(F)c3)ccc21.CI.CN(c1ccc2c(c1)CCCC2CN)S(=O)(=O)c1cccc(F)c1. The van der Waals surface area contributed by atoms with Gasteiger partial charge < -0.3 is 15.8 Å². The van der Waals surface area contributed by atoms with Crippen molar-refractivity contribution in [1.29, 1.82) is 0 Å². The number of aryl methyl sites for hydroxylation is 2. The Bertz CT molecular complexity index is 2200. The van der Waals surface area contributed by atoms with Crippen LogP contribution >= 0.6 is 22.6 Å². The number of alkyl halides is 1. The van der Waals surface area contributed by atoms with Crippen molar-refractivity contribution in [3.63, 3.8) is 0 Å². The number of halogens is 3. The summed E-state index contributed by atoms with van der Waals surface area (Å²) in [5, 5.41) is 2.82. The van der Waals surface area contributed by atoms with Crippen LogP contribution in [0.2, 0.25) is 0 Å². The van der Waals surface area contributed by atoms with Gasteiger partial charge in [-0.05, 0) is 160 Å². The summed E-state index contributed by atoms with van der Waals surface area (Å²) in [4.78, 5) is 13.7. The zero-order valence-corrected chi connectivity index (χ0v) is 36.1. The molecule has 15 heteroatoms. The number of fused-ring (bicyclic) bond motifs is 2. The lowest BCUT2D eigenvalue weighted by Gasteiger charge is -2.27. The number of carbonyl (C=O) groups excluding carboxylic acids is 1. The number of sulfonamides is 2. The molecule has 0 heterocycles. The molecule has 304 valence electrons. The molecule has 56 heavy (non-hydrogen) atoms. The summed E-state index contributed by atoms with van der Waals surface area (Å²) in [5.41, 5.74) is 10.8. The van der Waals surface area contributed by atoms with E-state index in [1.165, 1.54) is 53.3 Å². The van der Waals surface area contributed by atoms with E-state index in [-0.39, 0.29) is 15.7 Å². The lowest BCUT2D eigenvalue weighted by atomic mass is 9.82. The van der Waals surface area contributed by atoms with Crippen LogP contribution in [0.25, 0.3) is 0 Å². The summed E-state index contributed by atoms with van der Waals surface area (Å²) >= 11 is 2.15. The lowest BCUT2D eigenvalue weighted by Crippen LogP contribution is -2.35. The third-order valence-electron chi connectivity index (χ3n) is 9.50. The van der Waals surface area contributed by atoms with Crippen molar-refractivity contribution in [3.05, 3.63) is 119 Å². The van der Waals surface area contributed by atoms with E-state index in [0.29, 0.717) is 30.4 Å². The summed E-state index contributed by atoms with van der Waals surface area (Å²) in [6.07, 6.45) is 5.29. The first-order valence-electron chi connectivity index (χ1n) is 18.3. The minimum atomic E-state index is -3.88. The predicted octanol–water partition coefficient (Wildman–Crippen LogP) is 8.65. The molecule has 6 rings (SSSR count). The van der Waals surface area contributed by atoms with E-state index < -0.39 is 43.4 Å². The van der Waals surface area contributed by atoms with Crippen molar-refractivity contribution in [2.24, 2.45) is 5.73 Å². The number of hydrogen-bond acceptors (Lipinski definition) is 7. The molecule has 4 N–H and O–H groups in total. The number of benzene rings is 4. The van der Waals surface area contributed by atoms with Gasteiger partial charge in [-0.2, -0.15) is 0 Å². The number of carbonyl (C=O) groups is 1. The average Bonchev–Trinajstić information content (AvgIpc) is 3.16. The zero-order chi connectivity index (χ0) is 41.3. The maximum atomic E-state index is 13.4. The van der Waals surface area contributed by atoms with Crippen LogP contribution in [-0.4, -0.2) is 53.6 Å². The Balaban J connectivity index is 0.000000243.